The lowest BCUT2D eigenvalue weighted by Gasteiger charge is -2.37. The quantitative estimate of drug-likeness (QED) is 0.905. The third-order valence-electron chi connectivity index (χ3n) is 4.10. The Morgan fingerprint density at radius 2 is 2.09 bits per heavy atom. The molecule has 0 radical (unpaired) electrons. The number of carbonyl (C=O) groups is 1. The van der Waals surface area contributed by atoms with Crippen molar-refractivity contribution in [2.45, 2.75) is 25.0 Å². The number of aliphatic hydroxyl groups excluding tert-OH is 1. The number of nitrogens with zero attached hydrogens (tertiary/aromatic N) is 2. The van der Waals surface area contributed by atoms with Crippen LogP contribution in [0.25, 0.3) is 0 Å². The van der Waals surface area contributed by atoms with E-state index in [1.807, 2.05) is 13.2 Å². The van der Waals surface area contributed by atoms with Crippen LogP contribution < -0.4 is 5.32 Å². The summed E-state index contributed by atoms with van der Waals surface area (Å²) in [7, 11) is 1.82. The molecule has 1 aromatic heterocycles. The fraction of sp³-hybridized carbons (Fsp3) is 0.375. The molecular weight excluding hydrogens is 285 g/mol. The third-order valence-corrected chi connectivity index (χ3v) is 4.10. The summed E-state index contributed by atoms with van der Waals surface area (Å²) in [5, 5.41) is 16.6. The van der Waals surface area contributed by atoms with E-state index in [1.54, 1.807) is 10.9 Å². The van der Waals surface area contributed by atoms with Gasteiger partial charge in [0.2, 0.25) is 0 Å². The summed E-state index contributed by atoms with van der Waals surface area (Å²) in [5.41, 5.74) is 1.32. The first-order valence-corrected chi connectivity index (χ1v) is 7.26. The molecule has 1 aliphatic carbocycles. The summed E-state index contributed by atoms with van der Waals surface area (Å²) in [6, 6.07) is 5.25. The van der Waals surface area contributed by atoms with Crippen molar-refractivity contribution in [1.82, 2.24) is 15.1 Å². The highest BCUT2D eigenvalue weighted by atomic mass is 19.1. The molecule has 22 heavy (non-hydrogen) atoms. The van der Waals surface area contributed by atoms with E-state index in [9.17, 15) is 14.3 Å². The van der Waals surface area contributed by atoms with E-state index in [4.69, 9.17) is 0 Å². The minimum absolute atomic E-state index is 0.184. The number of nitrogens with one attached hydrogen (secondary N) is 1. The normalized spacial score (nSPS) is 22.0. The Morgan fingerprint density at radius 3 is 2.64 bits per heavy atom. The van der Waals surface area contributed by atoms with Crippen LogP contribution in [0.3, 0.4) is 0 Å². The second-order valence-electron chi connectivity index (χ2n) is 5.79. The van der Waals surface area contributed by atoms with Crippen molar-refractivity contribution in [3.05, 3.63) is 53.6 Å². The monoisotopic (exact) mass is 303 g/mol. The molecule has 1 heterocycles. The number of hydrogen-bond donors (Lipinski definition) is 2. The lowest BCUT2D eigenvalue weighted by atomic mass is 9.75. The molecule has 0 aliphatic heterocycles. The summed E-state index contributed by atoms with van der Waals surface area (Å²) >= 11 is 0. The van der Waals surface area contributed by atoms with Crippen LogP contribution in [0.5, 0.6) is 0 Å². The maximum Gasteiger partial charge on any atom is 0.251 e. The van der Waals surface area contributed by atoms with Crippen LogP contribution >= 0.6 is 0 Å². The van der Waals surface area contributed by atoms with E-state index < -0.39 is 0 Å². The zero-order valence-corrected chi connectivity index (χ0v) is 12.2. The summed E-state index contributed by atoms with van der Waals surface area (Å²) in [6.07, 6.45) is 4.60. The van der Waals surface area contributed by atoms with Crippen molar-refractivity contribution in [1.29, 1.82) is 0 Å². The lowest BCUT2D eigenvalue weighted by molar-refractivity contribution is 0.0235. The van der Waals surface area contributed by atoms with Gasteiger partial charge >= 0.3 is 0 Å². The molecular formula is C16H18FN3O2. The number of benzene rings is 1. The van der Waals surface area contributed by atoms with Crippen molar-refractivity contribution in [2.75, 3.05) is 0 Å². The number of halogens is 1. The van der Waals surface area contributed by atoms with Gasteiger partial charge in [-0.1, -0.05) is 0 Å². The maximum absolute atomic E-state index is 12.9. The predicted octanol–water partition coefficient (Wildman–Crippen LogP) is 1.80. The van der Waals surface area contributed by atoms with Gasteiger partial charge in [0.05, 0.1) is 18.3 Å². The molecule has 5 nitrogen and oxygen atoms in total. The molecule has 0 saturated heterocycles. The van der Waals surface area contributed by atoms with E-state index in [1.165, 1.54) is 24.3 Å². The van der Waals surface area contributed by atoms with E-state index in [-0.39, 0.29) is 29.8 Å². The highest BCUT2D eigenvalue weighted by Gasteiger charge is 2.36. The SMILES string of the molecule is Cn1cc([C@H](NC(=O)c2ccc(F)cc2)C2CC(O)C2)cn1. The molecule has 1 atom stereocenters. The van der Waals surface area contributed by atoms with Crippen molar-refractivity contribution in [3.8, 4) is 0 Å². The lowest BCUT2D eigenvalue weighted by Crippen LogP contribution is -2.41. The summed E-state index contributed by atoms with van der Waals surface area (Å²) in [6.45, 7) is 0. The van der Waals surface area contributed by atoms with Crippen molar-refractivity contribution < 1.29 is 14.3 Å². The molecule has 1 aliphatic rings. The topological polar surface area (TPSA) is 67.2 Å². The van der Waals surface area contributed by atoms with Crippen molar-refractivity contribution in [3.63, 3.8) is 0 Å². The molecule has 6 heteroatoms. The molecule has 2 N–H and O–H groups in total. The number of carbonyl (C=O) groups excluding carboxylic acids is 1. The second-order valence-corrected chi connectivity index (χ2v) is 5.79. The minimum atomic E-state index is -0.373. The van der Waals surface area contributed by atoms with Gasteiger partial charge in [0.25, 0.3) is 5.91 Å². The van der Waals surface area contributed by atoms with E-state index >= 15 is 0 Å². The van der Waals surface area contributed by atoms with E-state index in [2.05, 4.69) is 10.4 Å². The summed E-state index contributed by atoms with van der Waals surface area (Å²) < 4.78 is 14.6. The zero-order valence-electron chi connectivity index (χ0n) is 12.2. The molecule has 1 saturated carbocycles. The third kappa shape index (κ3) is 3.01. The van der Waals surface area contributed by atoms with Crippen LogP contribution in [0, 0.1) is 11.7 Å². The van der Waals surface area contributed by atoms with Crippen LogP contribution in [0.2, 0.25) is 0 Å². The van der Waals surface area contributed by atoms with E-state index in [0.717, 1.165) is 5.56 Å². The van der Waals surface area contributed by atoms with Crippen LogP contribution in [-0.4, -0.2) is 26.9 Å². The fourth-order valence-corrected chi connectivity index (χ4v) is 2.80. The Kier molecular flexibility index (Phi) is 3.94. The van der Waals surface area contributed by atoms with Gasteiger partial charge in [-0.15, -0.1) is 0 Å². The molecule has 1 amide bonds. The minimum Gasteiger partial charge on any atom is -0.393 e. The Bertz CT molecular complexity index is 662. The highest BCUT2D eigenvalue weighted by molar-refractivity contribution is 5.94. The molecule has 0 spiro atoms. The highest BCUT2D eigenvalue weighted by Crippen LogP contribution is 2.38. The van der Waals surface area contributed by atoms with Gasteiger partial charge in [-0.25, -0.2) is 4.39 Å². The Hall–Kier alpha value is -2.21. The standard InChI is InChI=1S/C16H18FN3O2/c1-20-9-12(8-18-20)15(11-6-14(21)7-11)19-16(22)10-2-4-13(17)5-3-10/h2-5,8-9,11,14-15,21H,6-7H2,1H3,(H,19,22)/t11?,14?,15-/m1/s1. The van der Waals surface area contributed by atoms with Crippen LogP contribution in [0.1, 0.15) is 34.8 Å². The van der Waals surface area contributed by atoms with Crippen LogP contribution in [0.4, 0.5) is 4.39 Å². The van der Waals surface area contributed by atoms with Gasteiger partial charge in [-0.3, -0.25) is 9.48 Å². The van der Waals surface area contributed by atoms with Crippen LogP contribution in [0.15, 0.2) is 36.7 Å². The second kappa shape index (κ2) is 5.88. The van der Waals surface area contributed by atoms with Gasteiger partial charge in [-0.05, 0) is 43.0 Å². The summed E-state index contributed by atoms with van der Waals surface area (Å²) in [4.78, 5) is 12.3. The summed E-state index contributed by atoms with van der Waals surface area (Å²) in [5.74, 6) is -0.443. The number of hydrogen-bond acceptors (Lipinski definition) is 3. The van der Waals surface area contributed by atoms with Gasteiger partial charge in [0.15, 0.2) is 0 Å². The largest absolute Gasteiger partial charge is 0.393 e. The first-order chi connectivity index (χ1) is 10.5. The molecule has 0 bridgehead atoms. The van der Waals surface area contributed by atoms with Gasteiger partial charge < -0.3 is 10.4 Å². The first kappa shape index (κ1) is 14.7. The number of aryl methyl sites for hydroxylation is 1. The first-order valence-electron chi connectivity index (χ1n) is 7.26. The smallest absolute Gasteiger partial charge is 0.251 e. The maximum atomic E-state index is 12.9. The molecule has 2 aromatic rings. The van der Waals surface area contributed by atoms with Gasteiger partial charge in [0, 0.05) is 24.4 Å². The molecule has 3 rings (SSSR count). The predicted molar refractivity (Wildman–Crippen MR) is 78.5 cm³/mol. The number of aromatic nitrogens is 2. The van der Waals surface area contributed by atoms with Gasteiger partial charge in [0.1, 0.15) is 5.82 Å². The molecule has 0 unspecified atom stereocenters. The average Bonchev–Trinajstić information content (AvgIpc) is 2.89. The average molecular weight is 303 g/mol. The van der Waals surface area contributed by atoms with Crippen molar-refractivity contribution in [2.24, 2.45) is 13.0 Å². The zero-order chi connectivity index (χ0) is 15.7. The Labute approximate surface area is 127 Å². The Balaban J connectivity index is 1.77. The van der Waals surface area contributed by atoms with Crippen molar-refractivity contribution >= 4 is 5.91 Å². The molecule has 1 fully saturated rings. The van der Waals surface area contributed by atoms with E-state index in [0.29, 0.717) is 18.4 Å². The Morgan fingerprint density at radius 1 is 1.41 bits per heavy atom. The number of rotatable bonds is 4. The van der Waals surface area contributed by atoms with Crippen LogP contribution in [-0.2, 0) is 7.05 Å². The fourth-order valence-electron chi connectivity index (χ4n) is 2.80. The number of amides is 1. The number of aliphatic hydroxyl groups is 1. The molecule has 1 aromatic carbocycles. The van der Waals surface area contributed by atoms with Gasteiger partial charge in [-0.2, -0.15) is 5.10 Å². The molecule has 116 valence electrons.